The van der Waals surface area contributed by atoms with E-state index in [0.717, 1.165) is 33.6 Å². The molecule has 146 valence electrons. The van der Waals surface area contributed by atoms with Crippen molar-refractivity contribution in [1.82, 2.24) is 9.55 Å². The van der Waals surface area contributed by atoms with Crippen molar-refractivity contribution in [3.63, 3.8) is 0 Å². The third kappa shape index (κ3) is 4.30. The zero-order chi connectivity index (χ0) is 20.5. The van der Waals surface area contributed by atoms with E-state index in [1.54, 1.807) is 7.11 Å². The second kappa shape index (κ2) is 7.58. The normalized spacial score (nSPS) is 11.4. The lowest BCUT2D eigenvalue weighted by Crippen LogP contribution is -2.68. The minimum absolute atomic E-state index is 0.337. The molecule has 2 aromatic heterocycles. The molecular weight excluding hydrogens is 390 g/mol. The summed E-state index contributed by atoms with van der Waals surface area (Å²) in [6.07, 6.45) is 0. The number of ether oxygens (including phenoxy) is 1. The number of hydrogen-bond acceptors (Lipinski definition) is 7. The van der Waals surface area contributed by atoms with Crippen molar-refractivity contribution in [1.29, 1.82) is 0 Å². The van der Waals surface area contributed by atoms with E-state index in [1.807, 2.05) is 60.1 Å². The van der Waals surface area contributed by atoms with Crippen molar-refractivity contribution in [2.75, 3.05) is 7.11 Å². The molecule has 0 unspecified atom stereocenters. The summed E-state index contributed by atoms with van der Waals surface area (Å²) in [5.74, 6) is 1.52. The maximum Gasteiger partial charge on any atom is 0.375 e. The molecule has 0 aliphatic carbocycles. The number of rotatable bonds is 2. The Bertz CT molecular complexity index is 1190. The maximum absolute atomic E-state index is 8.49. The van der Waals surface area contributed by atoms with E-state index < -0.39 is 10.2 Å². The number of imidazole rings is 1. The third-order valence-electron chi connectivity index (χ3n) is 4.03. The Morgan fingerprint density at radius 1 is 1.07 bits per heavy atom. The summed E-state index contributed by atoms with van der Waals surface area (Å²) >= 11 is 0. The highest BCUT2D eigenvalue weighted by Gasteiger charge is 2.16. The third-order valence-corrected chi connectivity index (χ3v) is 4.03. The molecular formula is C18H16ClN3O6. The Hall–Kier alpha value is -2.95. The zero-order valence-electron chi connectivity index (χ0n) is 14.9. The average molecular weight is 406 g/mol. The number of nitrogens with zero attached hydrogens (tertiary/aromatic N) is 2. The van der Waals surface area contributed by atoms with Crippen molar-refractivity contribution in [3.05, 3.63) is 54.1 Å². The Morgan fingerprint density at radius 3 is 2.39 bits per heavy atom. The first-order valence-corrected chi connectivity index (χ1v) is 9.15. The van der Waals surface area contributed by atoms with E-state index in [4.69, 9.17) is 33.2 Å². The smallest absolute Gasteiger partial charge is 0.375 e. The van der Waals surface area contributed by atoms with Crippen LogP contribution in [0.3, 0.4) is 0 Å². The minimum atomic E-state index is -4.94. The molecule has 2 N–H and O–H groups in total. The summed E-state index contributed by atoms with van der Waals surface area (Å²) in [5, 5.41) is 7.09. The van der Waals surface area contributed by atoms with E-state index in [0.29, 0.717) is 11.1 Å². The predicted octanol–water partition coefficient (Wildman–Crippen LogP) is -3.10. The fourth-order valence-electron chi connectivity index (χ4n) is 2.81. The van der Waals surface area contributed by atoms with Gasteiger partial charge in [-0.2, -0.15) is 0 Å². The Balaban J connectivity index is 0.000000403. The minimum Gasteiger partial charge on any atom is -0.497 e. The van der Waals surface area contributed by atoms with Gasteiger partial charge in [-0.25, -0.2) is 29.0 Å². The Morgan fingerprint density at radius 2 is 1.75 bits per heavy atom. The van der Waals surface area contributed by atoms with Crippen LogP contribution in [0.4, 0.5) is 0 Å². The lowest BCUT2D eigenvalue weighted by Gasteiger charge is -2.17. The number of hydrogen-bond donors (Lipinski definition) is 1. The van der Waals surface area contributed by atoms with E-state index >= 15 is 0 Å². The molecule has 4 aromatic rings. The molecule has 0 atom stereocenters. The van der Waals surface area contributed by atoms with Gasteiger partial charge in [-0.05, 0) is 30.3 Å². The van der Waals surface area contributed by atoms with Crippen LogP contribution in [-0.4, -0.2) is 16.7 Å². The van der Waals surface area contributed by atoms with E-state index in [2.05, 4.69) is 4.98 Å². The summed E-state index contributed by atoms with van der Waals surface area (Å²) in [7, 11) is -1.35. The Labute approximate surface area is 160 Å². The molecule has 28 heavy (non-hydrogen) atoms. The summed E-state index contributed by atoms with van der Waals surface area (Å²) in [6.45, 7) is 0. The second-order valence-electron chi connectivity index (χ2n) is 5.79. The van der Waals surface area contributed by atoms with Crippen LogP contribution in [0.15, 0.2) is 52.9 Å². The topological polar surface area (TPSA) is 158 Å². The molecule has 0 saturated heterocycles. The molecule has 0 bridgehead atoms. The number of fused-ring (bicyclic) bond motifs is 2. The fourth-order valence-corrected chi connectivity index (χ4v) is 2.81. The van der Waals surface area contributed by atoms with Gasteiger partial charge in [0, 0.05) is 18.5 Å². The highest BCUT2D eigenvalue weighted by atomic mass is 35.7. The van der Waals surface area contributed by atoms with Crippen LogP contribution in [0.5, 0.6) is 5.75 Å². The van der Waals surface area contributed by atoms with Crippen LogP contribution < -0.4 is 34.3 Å². The summed E-state index contributed by atoms with van der Waals surface area (Å²) < 4.78 is 47.0. The molecule has 0 spiro atoms. The molecule has 0 radical (unpaired) electrons. The van der Waals surface area contributed by atoms with Gasteiger partial charge in [0.15, 0.2) is 5.82 Å². The molecule has 0 fully saturated rings. The standard InChI is InChI=1S/C18H15N3O2.ClHO4/c1-21-15-6-4-3-5-14(15)20-18(21)13-9-11-7-8-12(22-2)10-16(11)23-17(13)19;2-1(3,4)5/h3-10,19H,1-2H3;(H,2,3,4,5). The van der Waals surface area contributed by atoms with Gasteiger partial charge in [-0.1, -0.05) is 12.1 Å². The van der Waals surface area contributed by atoms with Gasteiger partial charge in [-0.15, -0.1) is 10.2 Å². The van der Waals surface area contributed by atoms with Crippen LogP contribution in [0.25, 0.3) is 33.4 Å². The summed E-state index contributed by atoms with van der Waals surface area (Å²) in [4.78, 5) is 4.68. The van der Waals surface area contributed by atoms with Gasteiger partial charge in [0.25, 0.3) is 0 Å². The van der Waals surface area contributed by atoms with Crippen molar-refractivity contribution < 1.29 is 43.4 Å². The number of methoxy groups -OCH3 is 1. The van der Waals surface area contributed by atoms with Crippen molar-refractivity contribution >= 4 is 22.0 Å². The molecule has 9 nitrogen and oxygen atoms in total. The monoisotopic (exact) mass is 405 g/mol. The second-order valence-corrected chi connectivity index (χ2v) is 6.55. The maximum atomic E-state index is 8.49. The molecule has 0 aliphatic heterocycles. The van der Waals surface area contributed by atoms with Crippen LogP contribution >= 0.6 is 0 Å². The number of halogens is 1. The van der Waals surface area contributed by atoms with E-state index in [-0.39, 0.29) is 0 Å². The van der Waals surface area contributed by atoms with Crippen molar-refractivity contribution in [2.45, 2.75) is 0 Å². The number of para-hydroxylation sites is 2. The lowest BCUT2D eigenvalue weighted by atomic mass is 10.1. The number of benzene rings is 2. The molecule has 2 aromatic carbocycles. The number of nitrogens with two attached hydrogens (primary N) is 1. The first-order chi connectivity index (χ1) is 13.2. The molecule has 0 saturated carbocycles. The van der Waals surface area contributed by atoms with Crippen molar-refractivity contribution in [2.24, 2.45) is 7.05 Å². The van der Waals surface area contributed by atoms with Crippen LogP contribution in [0, 0.1) is 10.2 Å². The Kier molecular flexibility index (Phi) is 5.36. The fraction of sp³-hybridized carbons (Fsp3) is 0.111. The highest BCUT2D eigenvalue weighted by molar-refractivity contribution is 5.84. The molecule has 2 heterocycles. The first kappa shape index (κ1) is 19.8. The van der Waals surface area contributed by atoms with Gasteiger partial charge in [0.2, 0.25) is 0 Å². The van der Waals surface area contributed by atoms with E-state index in [1.165, 1.54) is 0 Å². The highest BCUT2D eigenvalue weighted by Crippen LogP contribution is 2.25. The van der Waals surface area contributed by atoms with Crippen LogP contribution in [0.2, 0.25) is 0 Å². The molecule has 10 heteroatoms. The quantitative estimate of drug-likeness (QED) is 0.369. The zero-order valence-corrected chi connectivity index (χ0v) is 15.7. The molecule has 0 amide bonds. The molecule has 4 rings (SSSR count). The van der Waals surface area contributed by atoms with Crippen molar-refractivity contribution in [3.8, 4) is 17.1 Å². The largest absolute Gasteiger partial charge is 0.497 e. The summed E-state index contributed by atoms with van der Waals surface area (Å²) in [6, 6.07) is 15.6. The van der Waals surface area contributed by atoms with Gasteiger partial charge in [0.05, 0.1) is 18.1 Å². The lowest BCUT2D eigenvalue weighted by molar-refractivity contribution is -2.00. The summed E-state index contributed by atoms with van der Waals surface area (Å²) in [5.41, 5.74) is 3.78. The number of aromatic nitrogens is 2. The predicted molar refractivity (Wildman–Crippen MR) is 87.5 cm³/mol. The first-order valence-electron chi connectivity index (χ1n) is 7.91. The van der Waals surface area contributed by atoms with Crippen LogP contribution in [0.1, 0.15) is 0 Å². The van der Waals surface area contributed by atoms with Gasteiger partial charge >= 0.3 is 5.55 Å². The van der Waals surface area contributed by atoms with E-state index in [9.17, 15) is 0 Å². The molecule has 0 aliphatic rings. The van der Waals surface area contributed by atoms with Gasteiger partial charge < -0.3 is 13.7 Å². The van der Waals surface area contributed by atoms with Gasteiger partial charge in [0.1, 0.15) is 16.9 Å². The van der Waals surface area contributed by atoms with Crippen LogP contribution in [-0.2, 0) is 7.05 Å². The number of aryl methyl sites for hydroxylation is 1. The SMILES string of the molecule is COc1ccc2cc(-c3nc4ccccc4n3C)c(=[NH2+])oc2c1.[O-][Cl+3]([O-])([O-])[O-]. The van der Waals surface area contributed by atoms with Gasteiger partial charge in [-0.3, -0.25) is 0 Å². The average Bonchev–Trinajstić information content (AvgIpc) is 2.96.